The zero-order chi connectivity index (χ0) is 17.3. The van der Waals surface area contributed by atoms with Crippen LogP contribution in [0.4, 0.5) is 24.0 Å². The van der Waals surface area contributed by atoms with Crippen LogP contribution in [0.5, 0.6) is 5.88 Å². The van der Waals surface area contributed by atoms with Gasteiger partial charge in [0.25, 0.3) is 0 Å². The molecule has 0 spiro atoms. The fourth-order valence-electron chi connectivity index (χ4n) is 2.06. The molecule has 1 atom stereocenters. The number of anilines is 2. The van der Waals surface area contributed by atoms with Gasteiger partial charge in [-0.05, 0) is 17.7 Å². The second-order valence-electron chi connectivity index (χ2n) is 4.98. The van der Waals surface area contributed by atoms with Crippen LogP contribution in [0.2, 0.25) is 0 Å². The van der Waals surface area contributed by atoms with Crippen LogP contribution in [-0.4, -0.2) is 18.8 Å². The van der Waals surface area contributed by atoms with Gasteiger partial charge in [-0.3, -0.25) is 0 Å². The van der Waals surface area contributed by atoms with Crippen LogP contribution in [0.15, 0.2) is 29.6 Å². The number of benzene rings is 1. The number of nitrogens with one attached hydrogen (secondary N) is 1. The van der Waals surface area contributed by atoms with Gasteiger partial charge >= 0.3 is 6.18 Å². The first-order chi connectivity index (χ1) is 11.3. The lowest BCUT2D eigenvalue weighted by Gasteiger charge is -2.10. The number of rotatable bonds is 4. The van der Waals surface area contributed by atoms with E-state index in [9.17, 15) is 18.3 Å². The molecule has 0 saturated carbocycles. The van der Waals surface area contributed by atoms with Crippen LogP contribution in [-0.2, 0) is 6.18 Å². The number of aromatic hydroxyl groups is 1. The predicted octanol–water partition coefficient (Wildman–Crippen LogP) is 4.61. The van der Waals surface area contributed by atoms with E-state index in [0.717, 1.165) is 34.0 Å². The van der Waals surface area contributed by atoms with Gasteiger partial charge in [0.1, 0.15) is 5.69 Å². The molecule has 0 saturated heterocycles. The monoisotopic (exact) mass is 372 g/mol. The maximum absolute atomic E-state index is 12.5. The molecule has 10 heteroatoms. The van der Waals surface area contributed by atoms with E-state index in [1.54, 1.807) is 12.1 Å². The van der Waals surface area contributed by atoms with Crippen molar-refractivity contribution in [1.82, 2.24) is 13.7 Å². The molecule has 24 heavy (non-hydrogen) atoms. The largest absolute Gasteiger partial charge is 0.491 e. The van der Waals surface area contributed by atoms with Crippen molar-refractivity contribution in [2.75, 3.05) is 5.32 Å². The molecule has 0 radical (unpaired) electrons. The minimum absolute atomic E-state index is 0.0860. The Morgan fingerprint density at radius 1 is 1.17 bits per heavy atom. The standard InChI is InChI=1S/C14H11F3N4OS2/c1-7(11-12(22)21-24-20-11)8-2-4-9(5-3-8)18-13-19-10(6-23-13)14(15,16)17/h2-7H,1H3,(H,18,19)(H,21,22). The number of thiazole rings is 1. The molecule has 0 bridgehead atoms. The minimum Gasteiger partial charge on any atom is -0.491 e. The highest BCUT2D eigenvalue weighted by Gasteiger charge is 2.33. The molecule has 126 valence electrons. The molecule has 0 aliphatic heterocycles. The smallest absolute Gasteiger partial charge is 0.434 e. The van der Waals surface area contributed by atoms with E-state index in [4.69, 9.17) is 0 Å². The van der Waals surface area contributed by atoms with Gasteiger partial charge in [-0.25, -0.2) is 4.98 Å². The summed E-state index contributed by atoms with van der Waals surface area (Å²) < 4.78 is 45.4. The van der Waals surface area contributed by atoms with Crippen LogP contribution in [0.3, 0.4) is 0 Å². The summed E-state index contributed by atoms with van der Waals surface area (Å²) >= 11 is 1.83. The van der Waals surface area contributed by atoms with Crippen molar-refractivity contribution in [2.45, 2.75) is 19.0 Å². The average Bonchev–Trinajstić information content (AvgIpc) is 3.16. The van der Waals surface area contributed by atoms with Gasteiger partial charge in [-0.2, -0.15) is 17.5 Å². The van der Waals surface area contributed by atoms with Gasteiger partial charge < -0.3 is 10.4 Å². The molecule has 2 N–H and O–H groups in total. The number of nitrogens with zero attached hydrogens (tertiary/aromatic N) is 3. The molecule has 2 heterocycles. The summed E-state index contributed by atoms with van der Waals surface area (Å²) in [6.07, 6.45) is -4.45. The van der Waals surface area contributed by atoms with Crippen LogP contribution < -0.4 is 5.32 Å². The first-order valence-electron chi connectivity index (χ1n) is 6.75. The van der Waals surface area contributed by atoms with Crippen molar-refractivity contribution < 1.29 is 18.3 Å². The van der Waals surface area contributed by atoms with E-state index in [0.29, 0.717) is 11.4 Å². The van der Waals surface area contributed by atoms with Crippen molar-refractivity contribution in [3.63, 3.8) is 0 Å². The maximum Gasteiger partial charge on any atom is 0.434 e. The molecule has 1 unspecified atom stereocenters. The van der Waals surface area contributed by atoms with Crippen molar-refractivity contribution in [3.05, 3.63) is 46.6 Å². The summed E-state index contributed by atoms with van der Waals surface area (Å²) in [5.74, 6) is -0.230. The molecule has 3 rings (SSSR count). The fourth-order valence-corrected chi connectivity index (χ4v) is 3.34. The Kier molecular flexibility index (Phi) is 4.41. The van der Waals surface area contributed by atoms with Crippen molar-refractivity contribution in [2.24, 2.45) is 0 Å². The summed E-state index contributed by atoms with van der Waals surface area (Å²) in [6, 6.07) is 7.09. The lowest BCUT2D eigenvalue weighted by Crippen LogP contribution is -2.05. The molecule has 5 nitrogen and oxygen atoms in total. The highest BCUT2D eigenvalue weighted by atomic mass is 32.1. The van der Waals surface area contributed by atoms with Crippen molar-refractivity contribution in [3.8, 4) is 5.88 Å². The van der Waals surface area contributed by atoms with Crippen LogP contribution in [0.25, 0.3) is 0 Å². The van der Waals surface area contributed by atoms with Gasteiger partial charge in [0, 0.05) is 17.0 Å². The maximum atomic E-state index is 12.5. The number of halogens is 3. The second-order valence-corrected chi connectivity index (χ2v) is 6.36. The predicted molar refractivity (Wildman–Crippen MR) is 85.9 cm³/mol. The van der Waals surface area contributed by atoms with Gasteiger partial charge in [0.05, 0.1) is 11.7 Å². The second kappa shape index (κ2) is 6.36. The third kappa shape index (κ3) is 3.49. The highest BCUT2D eigenvalue weighted by molar-refractivity contribution is 7.13. The van der Waals surface area contributed by atoms with E-state index < -0.39 is 11.9 Å². The quantitative estimate of drug-likeness (QED) is 0.700. The zero-order valence-electron chi connectivity index (χ0n) is 12.2. The lowest BCUT2D eigenvalue weighted by molar-refractivity contribution is -0.140. The molecular formula is C14H11F3N4OS2. The first-order valence-corrected chi connectivity index (χ1v) is 8.36. The molecule has 1 aromatic carbocycles. The lowest BCUT2D eigenvalue weighted by atomic mass is 9.98. The normalized spacial score (nSPS) is 13.0. The van der Waals surface area contributed by atoms with Gasteiger partial charge in [-0.1, -0.05) is 19.1 Å². The van der Waals surface area contributed by atoms with Crippen LogP contribution in [0.1, 0.15) is 29.8 Å². The molecule has 0 fully saturated rings. The topological polar surface area (TPSA) is 70.9 Å². The number of alkyl halides is 3. The number of aromatic nitrogens is 3. The molecule has 0 amide bonds. The minimum atomic E-state index is -4.45. The Hall–Kier alpha value is -2.20. The Labute approximate surface area is 143 Å². The summed E-state index contributed by atoms with van der Waals surface area (Å²) in [6.45, 7) is 1.88. The summed E-state index contributed by atoms with van der Waals surface area (Å²) in [5.41, 5.74) is 1.11. The SMILES string of the molecule is CC(c1ccc(Nc2nc(C(F)(F)F)cs2)cc1)c1nsnc1O. The molecular weight excluding hydrogens is 361 g/mol. The van der Waals surface area contributed by atoms with Crippen LogP contribution in [0, 0.1) is 0 Å². The third-order valence-corrected chi connectivity index (χ3v) is 4.65. The number of hydrogen-bond donors (Lipinski definition) is 2. The van der Waals surface area contributed by atoms with E-state index in [-0.39, 0.29) is 16.9 Å². The Morgan fingerprint density at radius 2 is 1.88 bits per heavy atom. The Balaban J connectivity index is 1.73. The summed E-state index contributed by atoms with van der Waals surface area (Å²) in [7, 11) is 0. The van der Waals surface area contributed by atoms with E-state index in [1.807, 2.05) is 19.1 Å². The fraction of sp³-hybridized carbons (Fsp3) is 0.214. The van der Waals surface area contributed by atoms with E-state index >= 15 is 0 Å². The third-order valence-electron chi connectivity index (χ3n) is 3.36. The van der Waals surface area contributed by atoms with Gasteiger partial charge in [-0.15, -0.1) is 15.7 Å². The van der Waals surface area contributed by atoms with Gasteiger partial charge in [0.15, 0.2) is 10.8 Å². The van der Waals surface area contributed by atoms with Crippen LogP contribution >= 0.6 is 23.1 Å². The van der Waals surface area contributed by atoms with Gasteiger partial charge in [0.2, 0.25) is 5.88 Å². The number of hydrogen-bond acceptors (Lipinski definition) is 7. The molecule has 0 aliphatic rings. The molecule has 2 aromatic heterocycles. The van der Waals surface area contributed by atoms with Crippen molar-refractivity contribution in [1.29, 1.82) is 0 Å². The Morgan fingerprint density at radius 3 is 2.42 bits per heavy atom. The first kappa shape index (κ1) is 16.7. The Bertz CT molecular complexity index is 829. The zero-order valence-corrected chi connectivity index (χ0v) is 13.8. The van der Waals surface area contributed by atoms with E-state index in [2.05, 4.69) is 19.0 Å². The summed E-state index contributed by atoms with van der Waals surface area (Å²) in [5, 5.41) is 13.6. The summed E-state index contributed by atoms with van der Waals surface area (Å²) in [4.78, 5) is 3.52. The van der Waals surface area contributed by atoms with E-state index in [1.165, 1.54) is 0 Å². The average molecular weight is 372 g/mol. The van der Waals surface area contributed by atoms with Crippen molar-refractivity contribution >= 4 is 33.9 Å². The molecule has 0 aliphatic carbocycles. The molecule has 3 aromatic rings. The highest BCUT2D eigenvalue weighted by Crippen LogP contribution is 2.33.